The number of aryl methyl sites for hydroxylation is 1. The summed E-state index contributed by atoms with van der Waals surface area (Å²) in [6, 6.07) is 7.41. The van der Waals surface area contributed by atoms with Gasteiger partial charge in [-0.2, -0.15) is 0 Å². The normalized spacial score (nSPS) is 16.0. The van der Waals surface area contributed by atoms with Gasteiger partial charge < -0.3 is 15.5 Å². The van der Waals surface area contributed by atoms with Crippen molar-refractivity contribution in [3.05, 3.63) is 34.7 Å². The van der Waals surface area contributed by atoms with Gasteiger partial charge in [0.25, 0.3) is 0 Å². The molecule has 5 nitrogen and oxygen atoms in total. The predicted octanol–water partition coefficient (Wildman–Crippen LogP) is 1.97. The lowest BCUT2D eigenvalue weighted by Gasteiger charge is -2.32. The van der Waals surface area contributed by atoms with Crippen molar-refractivity contribution in [3.8, 4) is 11.3 Å². The van der Waals surface area contributed by atoms with Crippen molar-refractivity contribution < 1.29 is 4.79 Å². The Morgan fingerprint density at radius 3 is 2.59 bits per heavy atom. The van der Waals surface area contributed by atoms with Gasteiger partial charge in [0.2, 0.25) is 5.91 Å². The Morgan fingerprint density at radius 2 is 1.91 bits per heavy atom. The van der Waals surface area contributed by atoms with Crippen molar-refractivity contribution >= 4 is 22.4 Å². The highest BCUT2D eigenvalue weighted by Gasteiger charge is 2.21. The Bertz CT molecular complexity index is 689. The number of amides is 1. The van der Waals surface area contributed by atoms with Crippen LogP contribution < -0.4 is 10.6 Å². The summed E-state index contributed by atoms with van der Waals surface area (Å²) in [6.07, 6.45) is 0. The highest BCUT2D eigenvalue weighted by Crippen LogP contribution is 2.34. The number of rotatable bonds is 3. The number of hydrogen-bond donors (Lipinski definition) is 1. The number of benzene rings is 1. The Hall–Kier alpha value is -1.92. The molecule has 2 aromatic rings. The number of carbonyl (C=O) groups excluding carboxylic acids is 1. The molecule has 0 aliphatic carbocycles. The summed E-state index contributed by atoms with van der Waals surface area (Å²) in [7, 11) is 2.14. The first-order chi connectivity index (χ1) is 10.6. The third kappa shape index (κ3) is 2.84. The molecule has 1 amide bonds. The second-order valence-corrected chi connectivity index (χ2v) is 6.78. The zero-order chi connectivity index (χ0) is 15.7. The van der Waals surface area contributed by atoms with Gasteiger partial charge in [0.15, 0.2) is 5.13 Å². The minimum Gasteiger partial charge on any atom is -0.366 e. The maximum Gasteiger partial charge on any atom is 0.249 e. The third-order valence-electron chi connectivity index (χ3n) is 4.01. The number of primary amides is 1. The molecule has 0 bridgehead atoms. The fourth-order valence-corrected chi connectivity index (χ4v) is 3.64. The van der Waals surface area contributed by atoms with E-state index in [0.29, 0.717) is 5.56 Å². The van der Waals surface area contributed by atoms with Crippen molar-refractivity contribution in [3.63, 3.8) is 0 Å². The molecule has 0 spiro atoms. The summed E-state index contributed by atoms with van der Waals surface area (Å²) in [6.45, 7) is 6.11. The van der Waals surface area contributed by atoms with Crippen molar-refractivity contribution in [2.45, 2.75) is 6.92 Å². The van der Waals surface area contributed by atoms with Crippen LogP contribution in [0.4, 0.5) is 5.13 Å². The Morgan fingerprint density at radius 1 is 1.23 bits per heavy atom. The molecule has 1 aliphatic rings. The van der Waals surface area contributed by atoms with Crippen LogP contribution in [0, 0.1) is 6.92 Å². The minimum atomic E-state index is -0.413. The van der Waals surface area contributed by atoms with E-state index in [-0.39, 0.29) is 0 Å². The third-order valence-corrected chi connectivity index (χ3v) is 5.04. The number of likely N-dealkylation sites (N-methyl/N-ethyl adjacent to an activating group) is 1. The predicted molar refractivity (Wildman–Crippen MR) is 90.5 cm³/mol. The van der Waals surface area contributed by atoms with Crippen LogP contribution in [0.3, 0.4) is 0 Å². The summed E-state index contributed by atoms with van der Waals surface area (Å²) in [5.41, 5.74) is 7.71. The highest BCUT2D eigenvalue weighted by molar-refractivity contribution is 7.16. The molecule has 1 aromatic heterocycles. The summed E-state index contributed by atoms with van der Waals surface area (Å²) in [5.74, 6) is -0.413. The number of piperazine rings is 1. The molecule has 2 heterocycles. The van der Waals surface area contributed by atoms with E-state index in [2.05, 4.69) is 16.8 Å². The van der Waals surface area contributed by atoms with E-state index in [4.69, 9.17) is 10.7 Å². The molecule has 1 fully saturated rings. The number of nitrogens with two attached hydrogens (primary N) is 1. The van der Waals surface area contributed by atoms with E-state index in [1.54, 1.807) is 17.4 Å². The lowest BCUT2D eigenvalue weighted by atomic mass is 10.0. The topological polar surface area (TPSA) is 62.5 Å². The van der Waals surface area contributed by atoms with Gasteiger partial charge in [0.05, 0.1) is 5.69 Å². The van der Waals surface area contributed by atoms with Crippen LogP contribution in [-0.2, 0) is 0 Å². The summed E-state index contributed by atoms with van der Waals surface area (Å²) in [5, 5.41) is 1.03. The maximum atomic E-state index is 11.6. The fourth-order valence-electron chi connectivity index (χ4n) is 2.67. The standard InChI is InChI=1S/C16H20N4OS/c1-11-14(12-5-3-4-6-13(12)15(17)21)18-16(22-11)20-9-7-19(2)8-10-20/h3-6H,7-10H2,1-2H3,(H2,17,21). The highest BCUT2D eigenvalue weighted by atomic mass is 32.1. The number of hydrogen-bond acceptors (Lipinski definition) is 5. The van der Waals surface area contributed by atoms with E-state index in [0.717, 1.165) is 47.4 Å². The van der Waals surface area contributed by atoms with Gasteiger partial charge in [0, 0.05) is 42.2 Å². The number of carbonyl (C=O) groups is 1. The van der Waals surface area contributed by atoms with Gasteiger partial charge in [0.1, 0.15) is 0 Å². The van der Waals surface area contributed by atoms with E-state index >= 15 is 0 Å². The van der Waals surface area contributed by atoms with Crippen LogP contribution in [0.25, 0.3) is 11.3 Å². The summed E-state index contributed by atoms with van der Waals surface area (Å²) >= 11 is 1.68. The average Bonchev–Trinajstić information content (AvgIpc) is 2.89. The molecule has 22 heavy (non-hydrogen) atoms. The molecule has 1 aromatic carbocycles. The van der Waals surface area contributed by atoms with Crippen molar-refractivity contribution in [1.29, 1.82) is 0 Å². The smallest absolute Gasteiger partial charge is 0.249 e. The molecule has 0 atom stereocenters. The van der Waals surface area contributed by atoms with Gasteiger partial charge >= 0.3 is 0 Å². The van der Waals surface area contributed by atoms with Crippen molar-refractivity contribution in [2.24, 2.45) is 5.73 Å². The van der Waals surface area contributed by atoms with Crippen molar-refractivity contribution in [2.75, 3.05) is 38.1 Å². The van der Waals surface area contributed by atoms with Gasteiger partial charge in [-0.15, -0.1) is 11.3 Å². The Balaban J connectivity index is 1.95. The van der Waals surface area contributed by atoms with E-state index in [9.17, 15) is 4.79 Å². The molecule has 0 radical (unpaired) electrons. The fraction of sp³-hybridized carbons (Fsp3) is 0.375. The summed E-state index contributed by atoms with van der Waals surface area (Å²) in [4.78, 5) is 22.2. The van der Waals surface area contributed by atoms with Crippen LogP contribution in [0.1, 0.15) is 15.2 Å². The SMILES string of the molecule is Cc1sc(N2CCN(C)CC2)nc1-c1ccccc1C(N)=O. The van der Waals surface area contributed by atoms with E-state index in [1.807, 2.05) is 25.1 Å². The first kappa shape index (κ1) is 15.0. The molecule has 0 unspecified atom stereocenters. The van der Waals surface area contributed by atoms with E-state index in [1.165, 1.54) is 0 Å². The van der Waals surface area contributed by atoms with E-state index < -0.39 is 5.91 Å². The van der Waals surface area contributed by atoms with Crippen LogP contribution in [0.5, 0.6) is 0 Å². The summed E-state index contributed by atoms with van der Waals surface area (Å²) < 4.78 is 0. The van der Waals surface area contributed by atoms with Crippen molar-refractivity contribution in [1.82, 2.24) is 9.88 Å². The molecular formula is C16H20N4OS. The van der Waals surface area contributed by atoms with Gasteiger partial charge in [-0.1, -0.05) is 18.2 Å². The van der Waals surface area contributed by atoms with Crippen LogP contribution >= 0.6 is 11.3 Å². The molecule has 2 N–H and O–H groups in total. The van der Waals surface area contributed by atoms with Crippen LogP contribution in [0.2, 0.25) is 0 Å². The molecule has 1 aliphatic heterocycles. The second-order valence-electron chi connectivity index (χ2n) is 5.60. The zero-order valence-corrected chi connectivity index (χ0v) is 13.7. The Kier molecular flexibility index (Phi) is 4.13. The first-order valence-electron chi connectivity index (χ1n) is 7.36. The molecule has 0 saturated carbocycles. The maximum absolute atomic E-state index is 11.6. The molecule has 1 saturated heterocycles. The second kappa shape index (κ2) is 6.06. The minimum absolute atomic E-state index is 0.413. The van der Waals surface area contributed by atoms with Crippen LogP contribution in [0.15, 0.2) is 24.3 Å². The number of aromatic nitrogens is 1. The van der Waals surface area contributed by atoms with Crippen LogP contribution in [-0.4, -0.2) is 49.0 Å². The zero-order valence-electron chi connectivity index (χ0n) is 12.9. The Labute approximate surface area is 134 Å². The molecular weight excluding hydrogens is 296 g/mol. The first-order valence-corrected chi connectivity index (χ1v) is 8.18. The number of nitrogens with zero attached hydrogens (tertiary/aromatic N) is 3. The quantitative estimate of drug-likeness (QED) is 0.940. The average molecular weight is 316 g/mol. The lowest BCUT2D eigenvalue weighted by Crippen LogP contribution is -2.44. The monoisotopic (exact) mass is 316 g/mol. The number of anilines is 1. The molecule has 3 rings (SSSR count). The number of thiazole rings is 1. The van der Waals surface area contributed by atoms with Gasteiger partial charge in [-0.25, -0.2) is 4.98 Å². The van der Waals surface area contributed by atoms with Gasteiger partial charge in [-0.3, -0.25) is 4.79 Å². The molecule has 116 valence electrons. The molecule has 6 heteroatoms. The largest absolute Gasteiger partial charge is 0.366 e. The van der Waals surface area contributed by atoms with Gasteiger partial charge in [-0.05, 0) is 20.0 Å². The lowest BCUT2D eigenvalue weighted by molar-refractivity contribution is 0.100.